The highest BCUT2D eigenvalue weighted by atomic mass is 127. The summed E-state index contributed by atoms with van der Waals surface area (Å²) in [5, 5.41) is 0. The minimum absolute atomic E-state index is 0. The van der Waals surface area contributed by atoms with E-state index in [1.165, 1.54) is 5.56 Å². The van der Waals surface area contributed by atoms with Gasteiger partial charge in [-0.2, -0.15) is 0 Å². The first-order valence-corrected chi connectivity index (χ1v) is 9.82. The molecule has 0 unspecified atom stereocenters. The van der Waals surface area contributed by atoms with Crippen LogP contribution in [0.15, 0.2) is 35.3 Å². The van der Waals surface area contributed by atoms with Crippen molar-refractivity contribution in [1.82, 2.24) is 9.80 Å². The Bertz CT molecular complexity index is 544. The van der Waals surface area contributed by atoms with Crippen molar-refractivity contribution in [2.75, 3.05) is 52.5 Å². The van der Waals surface area contributed by atoms with Crippen LogP contribution in [-0.2, 0) is 16.0 Å². The van der Waals surface area contributed by atoms with Gasteiger partial charge in [-0.3, -0.25) is 9.89 Å². The van der Waals surface area contributed by atoms with Gasteiger partial charge in [-0.15, -0.1) is 24.0 Å². The molecule has 2 aliphatic heterocycles. The monoisotopic (exact) mass is 488 g/mol. The first-order chi connectivity index (χ1) is 12.8. The van der Waals surface area contributed by atoms with Crippen LogP contribution in [-0.4, -0.2) is 74.4 Å². The summed E-state index contributed by atoms with van der Waals surface area (Å²) in [4.78, 5) is 9.07. The quantitative estimate of drug-likeness (QED) is 0.276. The predicted molar refractivity (Wildman–Crippen MR) is 120 cm³/mol. The topological polar surface area (TPSA) is 63.3 Å². The molecule has 152 valence electrons. The molecular weight excluding hydrogens is 455 g/mol. The van der Waals surface area contributed by atoms with E-state index in [2.05, 4.69) is 45.1 Å². The SMILES string of the molecule is I.NC(=NCCCOC1CCN(Cc2ccccc2)CC1)N1CCOCC1. The van der Waals surface area contributed by atoms with Crippen LogP contribution < -0.4 is 5.73 Å². The maximum Gasteiger partial charge on any atom is 0.191 e. The molecule has 1 aromatic carbocycles. The largest absolute Gasteiger partial charge is 0.378 e. The molecule has 2 fully saturated rings. The van der Waals surface area contributed by atoms with Gasteiger partial charge in [-0.05, 0) is 24.8 Å². The molecule has 0 amide bonds. The molecule has 1 aromatic rings. The van der Waals surface area contributed by atoms with Crippen molar-refractivity contribution in [3.8, 4) is 0 Å². The van der Waals surface area contributed by atoms with Crippen LogP contribution >= 0.6 is 24.0 Å². The van der Waals surface area contributed by atoms with Crippen molar-refractivity contribution in [2.24, 2.45) is 10.7 Å². The van der Waals surface area contributed by atoms with E-state index in [9.17, 15) is 0 Å². The maximum atomic E-state index is 6.04. The number of likely N-dealkylation sites (tertiary alicyclic amines) is 1. The van der Waals surface area contributed by atoms with E-state index in [-0.39, 0.29) is 24.0 Å². The van der Waals surface area contributed by atoms with Crippen molar-refractivity contribution in [2.45, 2.75) is 31.9 Å². The standard InChI is InChI=1S/C20H32N4O2.HI/c21-20(24-12-15-25-16-13-24)22-9-4-14-26-19-7-10-23(11-8-19)17-18-5-2-1-3-6-18;/h1-3,5-6,19H,4,7-17H2,(H2,21,22);1H. The summed E-state index contributed by atoms with van der Waals surface area (Å²) in [5.41, 5.74) is 7.42. The molecule has 0 saturated carbocycles. The molecule has 27 heavy (non-hydrogen) atoms. The molecule has 0 spiro atoms. The van der Waals surface area contributed by atoms with E-state index in [0.29, 0.717) is 12.1 Å². The Labute approximate surface area is 180 Å². The number of ether oxygens (including phenoxy) is 2. The molecular formula is C20H33IN4O2. The molecule has 2 saturated heterocycles. The number of hydrogen-bond donors (Lipinski definition) is 1. The van der Waals surface area contributed by atoms with Gasteiger partial charge in [-0.1, -0.05) is 30.3 Å². The summed E-state index contributed by atoms with van der Waals surface area (Å²) in [7, 11) is 0. The van der Waals surface area contributed by atoms with Crippen molar-refractivity contribution in [3.63, 3.8) is 0 Å². The summed E-state index contributed by atoms with van der Waals surface area (Å²) in [5.74, 6) is 0.641. The third kappa shape index (κ3) is 7.93. The van der Waals surface area contributed by atoms with Gasteiger partial charge in [0.05, 0.1) is 19.3 Å². The molecule has 0 bridgehead atoms. The summed E-state index contributed by atoms with van der Waals surface area (Å²) >= 11 is 0. The molecule has 7 heteroatoms. The van der Waals surface area contributed by atoms with Crippen LogP contribution in [0.5, 0.6) is 0 Å². The number of nitrogens with zero attached hydrogens (tertiary/aromatic N) is 3. The summed E-state index contributed by atoms with van der Waals surface area (Å²) in [6.45, 7) is 7.93. The van der Waals surface area contributed by atoms with Crippen LogP contribution in [0.2, 0.25) is 0 Å². The Morgan fingerprint density at radius 3 is 2.52 bits per heavy atom. The van der Waals surface area contributed by atoms with Crippen LogP contribution in [0, 0.1) is 0 Å². The predicted octanol–water partition coefficient (Wildman–Crippen LogP) is 2.32. The minimum Gasteiger partial charge on any atom is -0.378 e. The summed E-state index contributed by atoms with van der Waals surface area (Å²) in [6, 6.07) is 10.7. The van der Waals surface area contributed by atoms with Crippen LogP contribution in [0.4, 0.5) is 0 Å². The lowest BCUT2D eigenvalue weighted by atomic mass is 10.1. The fourth-order valence-electron chi connectivity index (χ4n) is 3.48. The Kier molecular flexibility index (Phi) is 10.4. The summed E-state index contributed by atoms with van der Waals surface area (Å²) in [6.07, 6.45) is 3.55. The van der Waals surface area contributed by atoms with Crippen molar-refractivity contribution < 1.29 is 9.47 Å². The third-order valence-corrected chi connectivity index (χ3v) is 5.05. The Morgan fingerprint density at radius 2 is 1.81 bits per heavy atom. The Morgan fingerprint density at radius 1 is 1.11 bits per heavy atom. The molecule has 0 aliphatic carbocycles. The van der Waals surface area contributed by atoms with Crippen LogP contribution in [0.1, 0.15) is 24.8 Å². The normalized spacial score (nSPS) is 19.7. The Hall–Kier alpha value is -0.900. The first-order valence-electron chi connectivity index (χ1n) is 9.82. The maximum absolute atomic E-state index is 6.04. The zero-order valence-corrected chi connectivity index (χ0v) is 18.4. The average molecular weight is 488 g/mol. The number of nitrogens with two attached hydrogens (primary N) is 1. The lowest BCUT2D eigenvalue weighted by Gasteiger charge is -2.32. The second kappa shape index (κ2) is 12.5. The second-order valence-corrected chi connectivity index (χ2v) is 7.02. The van der Waals surface area contributed by atoms with Crippen molar-refractivity contribution >= 4 is 29.9 Å². The first kappa shape index (κ1) is 22.4. The highest BCUT2D eigenvalue weighted by Crippen LogP contribution is 2.16. The average Bonchev–Trinajstić information content (AvgIpc) is 2.70. The van der Waals surface area contributed by atoms with E-state index in [0.717, 1.165) is 78.4 Å². The number of halogens is 1. The van der Waals surface area contributed by atoms with Gasteiger partial charge in [0, 0.05) is 45.9 Å². The van der Waals surface area contributed by atoms with Crippen LogP contribution in [0.3, 0.4) is 0 Å². The molecule has 2 aliphatic rings. The fraction of sp³-hybridized carbons (Fsp3) is 0.650. The number of guanidine groups is 1. The fourth-order valence-corrected chi connectivity index (χ4v) is 3.48. The molecule has 2 N–H and O–H groups in total. The number of rotatable bonds is 7. The molecule has 0 radical (unpaired) electrons. The van der Waals surface area contributed by atoms with Gasteiger partial charge in [0.2, 0.25) is 0 Å². The van der Waals surface area contributed by atoms with E-state index < -0.39 is 0 Å². The lowest BCUT2D eigenvalue weighted by Crippen LogP contribution is -2.44. The highest BCUT2D eigenvalue weighted by Gasteiger charge is 2.19. The van der Waals surface area contributed by atoms with Crippen molar-refractivity contribution in [1.29, 1.82) is 0 Å². The van der Waals surface area contributed by atoms with E-state index in [1.807, 2.05) is 0 Å². The number of piperidine rings is 1. The minimum atomic E-state index is 0. The Balaban J connectivity index is 0.00000261. The van der Waals surface area contributed by atoms with Gasteiger partial charge in [0.15, 0.2) is 5.96 Å². The lowest BCUT2D eigenvalue weighted by molar-refractivity contribution is 0.00562. The molecule has 2 heterocycles. The third-order valence-electron chi connectivity index (χ3n) is 5.05. The number of aliphatic imine (C=N–C) groups is 1. The summed E-state index contributed by atoms with van der Waals surface area (Å²) < 4.78 is 11.4. The van der Waals surface area contributed by atoms with Gasteiger partial charge in [0.1, 0.15) is 0 Å². The second-order valence-electron chi connectivity index (χ2n) is 7.02. The zero-order chi connectivity index (χ0) is 18.0. The number of benzene rings is 1. The highest BCUT2D eigenvalue weighted by molar-refractivity contribution is 14.0. The molecule has 0 atom stereocenters. The zero-order valence-electron chi connectivity index (χ0n) is 16.1. The van der Waals surface area contributed by atoms with Crippen LogP contribution in [0.25, 0.3) is 0 Å². The van der Waals surface area contributed by atoms with E-state index in [1.54, 1.807) is 0 Å². The molecule has 6 nitrogen and oxygen atoms in total. The smallest absolute Gasteiger partial charge is 0.191 e. The number of hydrogen-bond acceptors (Lipinski definition) is 4. The molecule has 0 aromatic heterocycles. The molecule has 3 rings (SSSR count). The van der Waals surface area contributed by atoms with E-state index >= 15 is 0 Å². The van der Waals surface area contributed by atoms with Gasteiger partial charge in [0.25, 0.3) is 0 Å². The van der Waals surface area contributed by atoms with Gasteiger partial charge in [-0.25, -0.2) is 0 Å². The van der Waals surface area contributed by atoms with Gasteiger partial charge >= 0.3 is 0 Å². The number of morpholine rings is 1. The van der Waals surface area contributed by atoms with E-state index in [4.69, 9.17) is 15.2 Å². The van der Waals surface area contributed by atoms with Crippen molar-refractivity contribution in [3.05, 3.63) is 35.9 Å². The van der Waals surface area contributed by atoms with Gasteiger partial charge < -0.3 is 20.1 Å².